The molecule has 0 radical (unpaired) electrons. The third-order valence-corrected chi connectivity index (χ3v) is 7.78. The maximum Gasteiger partial charge on any atom is 0.474 e. The first kappa shape index (κ1) is 34.4. The van der Waals surface area contributed by atoms with Crippen LogP contribution in [0.25, 0.3) is 0 Å². The number of rotatable bonds is 17. The topological polar surface area (TPSA) is 270 Å². The molecule has 36 heavy (non-hydrogen) atoms. The van der Waals surface area contributed by atoms with Gasteiger partial charge < -0.3 is 39.1 Å². The van der Waals surface area contributed by atoms with Crippen LogP contribution in [0.3, 0.4) is 0 Å². The Hall–Kier alpha value is 0.360. The number of hydrogen-bond donors (Lipinski definition) is 8. The van der Waals surface area contributed by atoms with Gasteiger partial charge in [-0.05, 0) is 20.8 Å². The van der Waals surface area contributed by atoms with Crippen LogP contribution >= 0.6 is 31.3 Å². The first-order valence-electron chi connectivity index (χ1n) is 10.4. The normalized spacial score (nSPS) is 26.1. The second-order valence-corrected chi connectivity index (χ2v) is 13.7. The molecule has 0 aliphatic carbocycles. The molecule has 5 atom stereocenters. The number of nitrogens with zero attached hydrogens (tertiary/aromatic N) is 2. The molecule has 0 bridgehead atoms. The zero-order valence-electron chi connectivity index (χ0n) is 20.0. The van der Waals surface area contributed by atoms with Crippen molar-refractivity contribution in [2.24, 2.45) is 0 Å². The number of phosphoric ester groups is 4. The van der Waals surface area contributed by atoms with Gasteiger partial charge in [0.25, 0.3) is 5.72 Å². The highest BCUT2D eigenvalue weighted by molar-refractivity contribution is 7.47. The lowest BCUT2D eigenvalue weighted by molar-refractivity contribution is -0.845. The van der Waals surface area contributed by atoms with E-state index in [1.165, 1.54) is 32.6 Å². The predicted octanol–water partition coefficient (Wildman–Crippen LogP) is -0.562. The minimum atomic E-state index is -4.97. The number of quaternary nitrogens is 1. The predicted molar refractivity (Wildman–Crippen MR) is 121 cm³/mol. The molecule has 1 rings (SSSR count). The lowest BCUT2D eigenvalue weighted by Crippen LogP contribution is -2.48. The van der Waals surface area contributed by atoms with Gasteiger partial charge in [-0.1, -0.05) is 0 Å². The summed E-state index contributed by atoms with van der Waals surface area (Å²) in [5.74, 6) is 0. The summed E-state index contributed by atoms with van der Waals surface area (Å²) < 4.78 is 63.6. The minimum absolute atomic E-state index is 0.00641. The van der Waals surface area contributed by atoms with Crippen molar-refractivity contribution in [3.05, 3.63) is 0 Å². The highest BCUT2D eigenvalue weighted by Crippen LogP contribution is 2.54. The Labute approximate surface area is 207 Å². The van der Waals surface area contributed by atoms with Gasteiger partial charge in [-0.15, -0.1) is 0 Å². The molecule has 0 spiro atoms. The fourth-order valence-corrected chi connectivity index (χ4v) is 6.52. The average molecular weight is 611 g/mol. The molecule has 22 heteroatoms. The number of hydrogen-bond acceptors (Lipinski definition) is 9. The van der Waals surface area contributed by atoms with Crippen LogP contribution in [-0.2, 0) is 36.4 Å². The van der Waals surface area contributed by atoms with Crippen LogP contribution in [0.2, 0.25) is 0 Å². The van der Waals surface area contributed by atoms with E-state index in [0.717, 1.165) is 0 Å². The molecule has 1 aliphatic rings. The molecule has 0 aromatic carbocycles. The van der Waals surface area contributed by atoms with Crippen LogP contribution in [0.1, 0.15) is 27.7 Å². The average Bonchev–Trinajstić information content (AvgIpc) is 3.07. The SMILES string of the molecule is CC(CN(CC[N+]1(CC(C)OP(=O)(O)O)CC1(C)OP(=O)(O)O)CC(C)OP(=O)(O)O)OP(=O)(O)O. The van der Waals surface area contributed by atoms with Crippen molar-refractivity contribution in [1.82, 2.24) is 4.90 Å². The summed E-state index contributed by atoms with van der Waals surface area (Å²) in [6, 6.07) is 0. The second-order valence-electron chi connectivity index (χ2n) is 8.95. The van der Waals surface area contributed by atoms with E-state index >= 15 is 0 Å². The smallest absolute Gasteiger partial charge is 0.303 e. The van der Waals surface area contributed by atoms with Gasteiger partial charge in [0.05, 0.1) is 18.8 Å². The van der Waals surface area contributed by atoms with Gasteiger partial charge in [0.15, 0.2) is 6.54 Å². The van der Waals surface area contributed by atoms with E-state index < -0.39 is 55.3 Å². The molecule has 0 aromatic heterocycles. The van der Waals surface area contributed by atoms with E-state index in [-0.39, 0.29) is 43.8 Å². The van der Waals surface area contributed by atoms with Crippen LogP contribution in [0.15, 0.2) is 0 Å². The minimum Gasteiger partial charge on any atom is -0.303 e. The van der Waals surface area contributed by atoms with E-state index in [4.69, 9.17) is 33.9 Å². The monoisotopic (exact) mass is 611 g/mol. The first-order chi connectivity index (χ1) is 15.8. The van der Waals surface area contributed by atoms with Gasteiger partial charge in [-0.3, -0.25) is 23.0 Å². The molecule has 1 heterocycles. The van der Waals surface area contributed by atoms with E-state index in [2.05, 4.69) is 13.6 Å². The van der Waals surface area contributed by atoms with Gasteiger partial charge >= 0.3 is 31.3 Å². The van der Waals surface area contributed by atoms with Crippen LogP contribution in [0.5, 0.6) is 0 Å². The van der Waals surface area contributed by atoms with E-state index in [1.807, 2.05) is 0 Å². The third kappa shape index (κ3) is 13.4. The highest BCUT2D eigenvalue weighted by atomic mass is 31.2. The largest absolute Gasteiger partial charge is 0.474 e. The molecule has 1 fully saturated rings. The maximum absolute atomic E-state index is 11.5. The van der Waals surface area contributed by atoms with Crippen molar-refractivity contribution in [3.63, 3.8) is 0 Å². The van der Waals surface area contributed by atoms with Crippen molar-refractivity contribution in [3.8, 4) is 0 Å². The summed E-state index contributed by atoms with van der Waals surface area (Å²) in [7, 11) is -19.5. The van der Waals surface area contributed by atoms with Gasteiger partial charge in [-0.25, -0.2) is 22.8 Å². The zero-order valence-corrected chi connectivity index (χ0v) is 23.6. The summed E-state index contributed by atoms with van der Waals surface area (Å²) in [6.07, 6.45) is -3.17. The molecule has 8 N–H and O–H groups in total. The van der Waals surface area contributed by atoms with Crippen LogP contribution in [-0.4, -0.2) is 112 Å². The quantitative estimate of drug-likeness (QED) is 0.0581. The third-order valence-electron chi connectivity index (χ3n) is 5.24. The summed E-state index contributed by atoms with van der Waals surface area (Å²) in [6.45, 7) is 5.04. The Kier molecular flexibility index (Phi) is 11.7. The lowest BCUT2D eigenvalue weighted by atomic mass is 10.3. The molecule has 18 nitrogen and oxygen atoms in total. The summed E-state index contributed by atoms with van der Waals surface area (Å²) in [5.41, 5.74) is -1.46. The highest BCUT2D eigenvalue weighted by Gasteiger charge is 2.70. The van der Waals surface area contributed by atoms with E-state index in [1.54, 1.807) is 0 Å². The van der Waals surface area contributed by atoms with Crippen LogP contribution in [0.4, 0.5) is 0 Å². The van der Waals surface area contributed by atoms with Crippen molar-refractivity contribution in [2.75, 3.05) is 39.3 Å². The summed E-state index contributed by atoms with van der Waals surface area (Å²) >= 11 is 0. The van der Waals surface area contributed by atoms with Crippen LogP contribution in [0, 0.1) is 0 Å². The molecule has 0 saturated carbocycles. The molecular weight excluding hydrogens is 576 g/mol. The summed E-state index contributed by atoms with van der Waals surface area (Å²) in [5, 5.41) is 0. The number of phosphoric acid groups is 4. The van der Waals surface area contributed by atoms with Crippen molar-refractivity contribution < 1.29 is 80.0 Å². The Morgan fingerprint density at radius 2 is 1.14 bits per heavy atom. The van der Waals surface area contributed by atoms with Gasteiger partial charge in [0.1, 0.15) is 12.6 Å². The Morgan fingerprint density at radius 1 is 0.750 bits per heavy atom. The Balaban J connectivity index is 3.10. The van der Waals surface area contributed by atoms with Crippen molar-refractivity contribution >= 4 is 31.3 Å². The fraction of sp³-hybridized carbons (Fsp3) is 1.00. The summed E-state index contributed by atoms with van der Waals surface area (Å²) in [4.78, 5) is 74.5. The molecule has 0 aromatic rings. The van der Waals surface area contributed by atoms with E-state index in [0.29, 0.717) is 0 Å². The van der Waals surface area contributed by atoms with Crippen LogP contribution < -0.4 is 0 Å². The zero-order chi connectivity index (χ0) is 28.4. The van der Waals surface area contributed by atoms with Crippen molar-refractivity contribution in [1.29, 1.82) is 0 Å². The van der Waals surface area contributed by atoms with Gasteiger partial charge in [0.2, 0.25) is 0 Å². The van der Waals surface area contributed by atoms with E-state index in [9.17, 15) is 28.0 Å². The van der Waals surface area contributed by atoms with Crippen molar-refractivity contribution in [2.45, 2.75) is 51.7 Å². The van der Waals surface area contributed by atoms with Gasteiger partial charge in [-0.2, -0.15) is 0 Å². The molecular formula is C14H35N2O16P4+. The molecule has 1 aliphatic heterocycles. The first-order valence-corrected chi connectivity index (χ1v) is 16.5. The molecule has 5 unspecified atom stereocenters. The Morgan fingerprint density at radius 3 is 1.50 bits per heavy atom. The molecule has 1 saturated heterocycles. The fourth-order valence-electron chi connectivity index (χ4n) is 4.17. The molecule has 0 amide bonds. The van der Waals surface area contributed by atoms with Gasteiger partial charge in [0, 0.05) is 26.6 Å². The molecule has 216 valence electrons. The lowest BCUT2D eigenvalue weighted by Gasteiger charge is -2.32. The second kappa shape index (κ2) is 12.3. The Bertz CT molecular complexity index is 898. The maximum atomic E-state index is 11.5. The standard InChI is InChI=1S/C14H34N2O16P4/c1-11(29-33(17,18)19)7-15(8-12(2)30-34(20,21)22)5-6-16(9-13(3)31-35(23,24)25)10-14(16,4)32-36(26,27)28/h11-13H,5-10H2,1-4H3,(H7-,17,18,19,20,21,22,23,24,25,26,27,28)/p+1.